The number of nitrogens with one attached hydrogen (secondary N) is 2. The summed E-state index contributed by atoms with van der Waals surface area (Å²) in [5.41, 5.74) is 14.0. The van der Waals surface area contributed by atoms with E-state index in [1.165, 1.54) is 48.1 Å². The van der Waals surface area contributed by atoms with Crippen LogP contribution in [0.5, 0.6) is 11.5 Å². The number of terminal acetylenes is 1. The molecule has 30 nitrogen and oxygen atoms in total. The number of aliphatic hydroxyl groups is 4. The summed E-state index contributed by atoms with van der Waals surface area (Å²) >= 11 is 1.91. The van der Waals surface area contributed by atoms with Crippen molar-refractivity contribution in [2.24, 2.45) is 11.8 Å². The molecule has 0 spiro atoms. The van der Waals surface area contributed by atoms with E-state index in [-0.39, 0.29) is 52.7 Å². The molecule has 4 aliphatic heterocycles. The van der Waals surface area contributed by atoms with Gasteiger partial charge in [-0.05, 0) is 118 Å². The number of amides is 4. The molecule has 8 heterocycles. The van der Waals surface area contributed by atoms with Crippen LogP contribution in [0, 0.1) is 39.9 Å². The minimum absolute atomic E-state index is 0.0707. The van der Waals surface area contributed by atoms with Crippen LogP contribution >= 0.6 is 22.6 Å². The zero-order valence-electron chi connectivity index (χ0n) is 49.4. The highest BCUT2D eigenvalue weighted by atomic mass is 127. The van der Waals surface area contributed by atoms with E-state index in [1.807, 2.05) is 22.6 Å². The number of methoxy groups -OCH3 is 2. The van der Waals surface area contributed by atoms with Gasteiger partial charge >= 0.3 is 24.1 Å². The van der Waals surface area contributed by atoms with Gasteiger partial charge in [-0.25, -0.2) is 49.1 Å². The van der Waals surface area contributed by atoms with Gasteiger partial charge in [-0.1, -0.05) is 5.92 Å². The predicted octanol–water partition coefficient (Wildman–Crippen LogP) is 2.36. The molecule has 6 aliphatic rings. The molecule has 12 rings (SSSR count). The molecule has 480 valence electrons. The number of hydrogen-bond acceptors (Lipinski definition) is 24. The van der Waals surface area contributed by atoms with Crippen LogP contribution in [0.4, 0.5) is 21.2 Å². The number of halogens is 1. The standard InChI is InChI=1S/C30H33N7O8.C17H19NO4.C13H15IN6O4/c1-43-29(41)17-5-9-19(10-6-17)44-30(42)36-13-11-16(12-14-36)3-2-4-20-34-25(31)21-26(35-20)37(15-32-21)28-23(39)22(38)24(45-28)27(40)33-18-7-8-18;1-3-4-13-9-11-18(12-10-13)17(20)22-15-7-5-14(6-8-15)16(19)21-2;14-13-18-9(15)5-10(19-13)20(3-16-5)12-7(22)6(21)8(24-12)11(23)17-4-1-2-4/h5-6,9-10,15-16,18,22-24,28,38-39H,3,7-8,11-14H2,1H3,(H,33,40)(H2,31,34,35);1,5-8,13H,4,9-12H2,2H3;3-4,6-8,12,21-22H,1-2H2,(H,17,23)(H2,15,18,19)/t22?,23-,24-,28+;;6?,7-,8-,12+/m0.0/s1. The molecule has 2 unspecified atom stereocenters. The Bertz CT molecular complexity index is 3760. The number of anilines is 2. The lowest BCUT2D eigenvalue weighted by Gasteiger charge is -2.30. The Labute approximate surface area is 533 Å². The molecule has 6 fully saturated rings. The maximum absolute atomic E-state index is 12.6. The van der Waals surface area contributed by atoms with E-state index in [2.05, 4.69) is 67.8 Å². The van der Waals surface area contributed by atoms with E-state index < -0.39 is 78.9 Å². The second-order valence-corrected chi connectivity index (χ2v) is 23.4. The van der Waals surface area contributed by atoms with Gasteiger partial charge in [-0.15, -0.1) is 12.3 Å². The fourth-order valence-electron chi connectivity index (χ4n) is 10.5. The van der Waals surface area contributed by atoms with Crippen molar-refractivity contribution in [2.45, 2.75) is 125 Å². The van der Waals surface area contributed by atoms with Crippen LogP contribution < -0.4 is 31.6 Å². The van der Waals surface area contributed by atoms with Gasteiger partial charge in [-0.3, -0.25) is 18.7 Å². The second kappa shape index (κ2) is 29.0. The Morgan fingerprint density at radius 2 is 1.02 bits per heavy atom. The van der Waals surface area contributed by atoms with Gasteiger partial charge in [0.05, 0.1) is 38.0 Å². The first-order valence-corrected chi connectivity index (χ1v) is 30.4. The number of nitrogens with zero attached hydrogens (tertiary/aromatic N) is 10. The number of benzene rings is 2. The van der Waals surface area contributed by atoms with Crippen LogP contribution in [-0.2, 0) is 28.5 Å². The number of aromatic nitrogens is 8. The first-order valence-electron chi connectivity index (χ1n) is 29.3. The third-order valence-electron chi connectivity index (χ3n) is 16.0. The van der Waals surface area contributed by atoms with Gasteiger partial charge in [0.15, 0.2) is 51.4 Å². The molecule has 4 saturated heterocycles. The van der Waals surface area contributed by atoms with Crippen LogP contribution in [0.25, 0.3) is 22.3 Å². The number of hydrogen-bond donors (Lipinski definition) is 8. The van der Waals surface area contributed by atoms with Gasteiger partial charge < -0.3 is 80.7 Å². The number of likely N-dealkylation sites (tertiary alicyclic amines) is 2. The molecule has 4 aromatic heterocycles. The second-order valence-electron chi connectivity index (χ2n) is 22.4. The highest BCUT2D eigenvalue weighted by Gasteiger charge is 2.50. The summed E-state index contributed by atoms with van der Waals surface area (Å²) in [6, 6.07) is 12.6. The minimum atomic E-state index is -1.43. The molecule has 2 aliphatic carbocycles. The van der Waals surface area contributed by atoms with E-state index in [4.69, 9.17) is 36.8 Å². The number of piperidine rings is 2. The number of aliphatic hydroxyl groups excluding tert-OH is 4. The summed E-state index contributed by atoms with van der Waals surface area (Å²) in [5.74, 6) is 8.84. The van der Waals surface area contributed by atoms with Crippen molar-refractivity contribution >= 4 is 92.5 Å². The van der Waals surface area contributed by atoms with Crippen molar-refractivity contribution in [3.8, 4) is 35.7 Å². The van der Waals surface area contributed by atoms with Gasteiger partial charge in [0.2, 0.25) is 5.82 Å². The number of nitrogens with two attached hydrogens (primary N) is 2. The molecule has 2 aromatic carbocycles. The van der Waals surface area contributed by atoms with Gasteiger partial charge in [0.25, 0.3) is 11.8 Å². The average molecular weight is 1370 g/mol. The van der Waals surface area contributed by atoms with Gasteiger partial charge in [0.1, 0.15) is 46.9 Å². The summed E-state index contributed by atoms with van der Waals surface area (Å²) in [6.45, 7) is 2.33. The predicted molar refractivity (Wildman–Crippen MR) is 328 cm³/mol. The first kappa shape index (κ1) is 65.1. The third-order valence-corrected chi connectivity index (χ3v) is 16.4. The van der Waals surface area contributed by atoms with Crippen molar-refractivity contribution < 1.29 is 77.6 Å². The number of esters is 2. The van der Waals surface area contributed by atoms with Crippen molar-refractivity contribution in [1.29, 1.82) is 0 Å². The molecule has 8 atom stereocenters. The van der Waals surface area contributed by atoms with Crippen LogP contribution in [0.1, 0.15) is 103 Å². The lowest BCUT2D eigenvalue weighted by molar-refractivity contribution is -0.138. The zero-order chi connectivity index (χ0) is 64.6. The van der Waals surface area contributed by atoms with Gasteiger partial charge in [0, 0.05) is 73.7 Å². The molecule has 2 saturated carbocycles. The summed E-state index contributed by atoms with van der Waals surface area (Å²) < 4.78 is 34.7. The SMILES string of the molecule is C#CCC1CCN(C(=O)Oc2ccc(C(=O)OC)cc2)CC1.COC(=O)c1ccc(OC(=O)N2CCC(CC#Cc3nc(N)c4ncn([C@@H]5O[C@H](C(=O)NC6CC6)C(O)[C@@H]5O)c4n3)CC2)cc1.Nc1nc(I)nc2c1ncn2[C@@H]1O[C@H](C(=O)NC2CC2)C(O)[C@@H]1O. The van der Waals surface area contributed by atoms with E-state index in [0.29, 0.717) is 76.1 Å². The number of ether oxygens (including phenoxy) is 6. The van der Waals surface area contributed by atoms with Crippen molar-refractivity contribution in [2.75, 3.05) is 51.9 Å². The Morgan fingerprint density at radius 1 is 0.604 bits per heavy atom. The molecule has 31 heteroatoms. The van der Waals surface area contributed by atoms with E-state index >= 15 is 0 Å². The third kappa shape index (κ3) is 15.7. The van der Waals surface area contributed by atoms with E-state index in [9.17, 15) is 49.2 Å². The zero-order valence-corrected chi connectivity index (χ0v) is 51.5. The molecule has 0 bridgehead atoms. The topological polar surface area (TPSA) is 408 Å². The van der Waals surface area contributed by atoms with E-state index in [1.54, 1.807) is 46.2 Å². The number of carbonyl (C=O) groups excluding carboxylic acids is 6. The normalized spacial score (nSPS) is 23.1. The molecule has 4 amide bonds. The number of nitrogen functional groups attached to an aromatic ring is 2. The minimum Gasteiger partial charge on any atom is -0.465 e. The Morgan fingerprint density at radius 3 is 1.44 bits per heavy atom. The molecule has 6 aromatic rings. The lowest BCUT2D eigenvalue weighted by atomic mass is 9.94. The Hall–Kier alpha value is -8.83. The van der Waals surface area contributed by atoms with Crippen molar-refractivity contribution in [1.82, 2.24) is 59.5 Å². The number of rotatable bonds is 12. The summed E-state index contributed by atoms with van der Waals surface area (Å²) in [4.78, 5) is 101. The van der Waals surface area contributed by atoms with Crippen molar-refractivity contribution in [3.63, 3.8) is 0 Å². The van der Waals surface area contributed by atoms with Gasteiger partial charge in [-0.2, -0.15) is 0 Å². The maximum atomic E-state index is 12.6. The number of carbonyl (C=O) groups is 6. The Balaban J connectivity index is 0.000000166. The highest BCUT2D eigenvalue weighted by molar-refractivity contribution is 14.1. The molecule has 91 heavy (non-hydrogen) atoms. The number of imidazole rings is 2. The monoisotopic (exact) mass is 1370 g/mol. The number of fused-ring (bicyclic) bond motifs is 2. The average Bonchev–Trinajstić information content (AvgIpc) is 1.67. The lowest BCUT2D eigenvalue weighted by Crippen LogP contribution is -2.43. The smallest absolute Gasteiger partial charge is 0.415 e. The van der Waals surface area contributed by atoms with E-state index in [0.717, 1.165) is 57.8 Å². The summed E-state index contributed by atoms with van der Waals surface area (Å²) in [7, 11) is 2.62. The molecular formula is C60H67IN14O16. The van der Waals surface area contributed by atoms with Crippen LogP contribution in [0.2, 0.25) is 0 Å². The maximum Gasteiger partial charge on any atom is 0.415 e. The molecular weight excluding hydrogens is 1300 g/mol. The Kier molecular flexibility index (Phi) is 20.7. The fourth-order valence-corrected chi connectivity index (χ4v) is 11.0. The largest absolute Gasteiger partial charge is 0.465 e. The highest BCUT2D eigenvalue weighted by Crippen LogP contribution is 2.35. The van der Waals surface area contributed by atoms with Crippen molar-refractivity contribution in [3.05, 3.63) is 82.0 Å². The fraction of sp³-hybridized carbons (Fsp3) is 0.467. The molecule has 10 N–H and O–H groups in total. The quantitative estimate of drug-likeness (QED) is 0.0377. The first-order chi connectivity index (χ1) is 43.8. The van der Waals surface area contributed by atoms with Crippen LogP contribution in [0.15, 0.2) is 61.2 Å². The van der Waals surface area contributed by atoms with Crippen LogP contribution in [0.3, 0.4) is 0 Å². The molecule has 0 radical (unpaired) electrons. The summed E-state index contributed by atoms with van der Waals surface area (Å²) in [5, 5.41) is 47.2. The van der Waals surface area contributed by atoms with Crippen LogP contribution in [-0.4, -0.2) is 194 Å². The summed E-state index contributed by atoms with van der Waals surface area (Å²) in [6.07, 6.45) is 5.42.